The summed E-state index contributed by atoms with van der Waals surface area (Å²) in [5.41, 5.74) is 1.61. The number of halogens is 3. The van der Waals surface area contributed by atoms with Gasteiger partial charge in [-0.2, -0.15) is 0 Å². The van der Waals surface area contributed by atoms with E-state index in [2.05, 4.69) is 10.6 Å². The highest BCUT2D eigenvalue weighted by atomic mass is 35.6. The van der Waals surface area contributed by atoms with Gasteiger partial charge < -0.3 is 43.8 Å². The van der Waals surface area contributed by atoms with Crippen LogP contribution in [-0.2, 0) is 64.5 Å². The van der Waals surface area contributed by atoms with Gasteiger partial charge in [-0.3, -0.25) is 14.4 Å². The van der Waals surface area contributed by atoms with Gasteiger partial charge in [0.2, 0.25) is 9.70 Å². The van der Waals surface area contributed by atoms with E-state index in [9.17, 15) is 24.0 Å². The number of benzene rings is 4. The lowest BCUT2D eigenvalue weighted by molar-refractivity contribution is -0.283. The van der Waals surface area contributed by atoms with Crippen molar-refractivity contribution in [2.45, 2.75) is 73.5 Å². The lowest BCUT2D eigenvalue weighted by atomic mass is 9.80. The van der Waals surface area contributed by atoms with Crippen LogP contribution in [0.2, 0.25) is 0 Å². The van der Waals surface area contributed by atoms with Crippen LogP contribution in [0, 0.1) is 0 Å². The molecule has 14 nitrogen and oxygen atoms in total. The molecule has 4 aromatic carbocycles. The Hall–Kier alpha value is -5.22. The predicted molar refractivity (Wildman–Crippen MR) is 223 cm³/mol. The highest BCUT2D eigenvalue weighted by molar-refractivity contribution is 6.67. The Balaban J connectivity index is 1.52. The fraction of sp³-hybridized carbons (Fsp3) is 0.341. The van der Waals surface area contributed by atoms with E-state index in [1.165, 1.54) is 13.8 Å². The summed E-state index contributed by atoms with van der Waals surface area (Å²) in [6.45, 7) is 1.70. The largest absolute Gasteiger partial charge is 0.459 e. The van der Waals surface area contributed by atoms with E-state index in [-0.39, 0.29) is 13.2 Å². The Labute approximate surface area is 368 Å². The van der Waals surface area contributed by atoms with E-state index in [0.29, 0.717) is 5.56 Å². The van der Waals surface area contributed by atoms with E-state index in [0.717, 1.165) is 23.6 Å². The quantitative estimate of drug-likeness (QED) is 0.0524. The molecule has 0 saturated carbocycles. The van der Waals surface area contributed by atoms with Crippen LogP contribution >= 0.6 is 34.8 Å². The number of esters is 3. The summed E-state index contributed by atoms with van der Waals surface area (Å²) >= 11 is 17.3. The van der Waals surface area contributed by atoms with Crippen molar-refractivity contribution < 1.29 is 57.1 Å². The molecule has 0 spiro atoms. The molecule has 4 aromatic rings. The van der Waals surface area contributed by atoms with E-state index >= 15 is 0 Å². The first-order valence-corrected chi connectivity index (χ1v) is 20.2. The Morgan fingerprint density at radius 2 is 1.18 bits per heavy atom. The zero-order valence-corrected chi connectivity index (χ0v) is 35.6. The van der Waals surface area contributed by atoms with Crippen LogP contribution in [0.5, 0.6) is 0 Å². The van der Waals surface area contributed by atoms with Crippen molar-refractivity contribution in [3.05, 3.63) is 144 Å². The molecular weight excluding hydrogens is 855 g/mol. The maximum Gasteiger partial charge on any atom is 0.408 e. The number of nitrogens with one attached hydrogen (secondary N) is 2. The highest BCUT2D eigenvalue weighted by Gasteiger charge is 2.52. The maximum absolute atomic E-state index is 13.5. The van der Waals surface area contributed by atoms with Crippen LogP contribution in [0.1, 0.15) is 43.0 Å². The molecule has 0 aliphatic carbocycles. The molecule has 1 aliphatic heterocycles. The Morgan fingerprint density at radius 3 is 1.66 bits per heavy atom. The van der Waals surface area contributed by atoms with Crippen molar-refractivity contribution in [2.75, 3.05) is 19.8 Å². The monoisotopic (exact) mass is 898 g/mol. The molecule has 324 valence electrons. The zero-order valence-electron chi connectivity index (χ0n) is 33.4. The first-order valence-electron chi connectivity index (χ1n) is 19.1. The third-order valence-electron chi connectivity index (χ3n) is 9.22. The van der Waals surface area contributed by atoms with E-state index < -0.39 is 89.2 Å². The molecule has 6 atom stereocenters. The second-order valence-corrected chi connectivity index (χ2v) is 16.3. The van der Waals surface area contributed by atoms with Crippen LogP contribution in [0.15, 0.2) is 121 Å². The molecule has 1 aliphatic rings. The van der Waals surface area contributed by atoms with E-state index in [1.54, 1.807) is 30.3 Å². The number of carbonyl (C=O) groups excluding carboxylic acids is 5. The summed E-state index contributed by atoms with van der Waals surface area (Å²) in [6, 6.07) is 34.2. The van der Waals surface area contributed by atoms with Gasteiger partial charge in [0.15, 0.2) is 24.5 Å². The third kappa shape index (κ3) is 13.4. The molecule has 5 rings (SSSR count). The Bertz CT molecular complexity index is 1960. The minimum atomic E-state index is -1.96. The Morgan fingerprint density at radius 1 is 0.689 bits per heavy atom. The van der Waals surface area contributed by atoms with Crippen molar-refractivity contribution in [1.29, 1.82) is 0 Å². The number of carbonyl (C=O) groups is 5. The van der Waals surface area contributed by atoms with Gasteiger partial charge in [0, 0.05) is 20.8 Å². The SMILES string of the molecule is CC(=O)N[C@H]1[C@@H](OC[C@H](NC(=O)OCC(Cl)(Cl)Cl)C(=O)OCc2ccccc2)O[C@H](COC(c2ccccc2)(c2ccccc2)c2ccccc2)[C@H](OC(C)=O)[C@@H]1OC(C)=O. The molecular formula is C44H45Cl3N2O12. The lowest BCUT2D eigenvalue weighted by Crippen LogP contribution is -2.67. The van der Waals surface area contributed by atoms with Crippen LogP contribution in [0.4, 0.5) is 4.79 Å². The van der Waals surface area contributed by atoms with Gasteiger partial charge >= 0.3 is 24.0 Å². The van der Waals surface area contributed by atoms with Gasteiger partial charge in [-0.15, -0.1) is 0 Å². The number of alkyl carbamates (subject to hydrolysis) is 1. The fourth-order valence-corrected chi connectivity index (χ4v) is 6.89. The van der Waals surface area contributed by atoms with Crippen LogP contribution in [0.25, 0.3) is 0 Å². The zero-order chi connectivity index (χ0) is 44.0. The molecule has 0 radical (unpaired) electrons. The number of hydrogen-bond donors (Lipinski definition) is 2. The van der Waals surface area contributed by atoms with Crippen LogP contribution in [0.3, 0.4) is 0 Å². The van der Waals surface area contributed by atoms with Crippen molar-refractivity contribution in [3.8, 4) is 0 Å². The molecule has 17 heteroatoms. The summed E-state index contributed by atoms with van der Waals surface area (Å²) in [5.74, 6) is -3.09. The molecule has 2 N–H and O–H groups in total. The summed E-state index contributed by atoms with van der Waals surface area (Å²) in [5, 5.41) is 5.02. The smallest absolute Gasteiger partial charge is 0.408 e. The number of ether oxygens (including phenoxy) is 7. The fourth-order valence-electron chi connectivity index (χ4n) is 6.73. The summed E-state index contributed by atoms with van der Waals surface area (Å²) in [6.07, 6.45) is -6.76. The van der Waals surface area contributed by atoms with Crippen LogP contribution in [-0.4, -0.2) is 90.2 Å². The molecule has 1 fully saturated rings. The van der Waals surface area contributed by atoms with Gasteiger partial charge in [-0.25, -0.2) is 9.59 Å². The Kier molecular flexibility index (Phi) is 16.9. The van der Waals surface area contributed by atoms with Crippen LogP contribution < -0.4 is 10.6 Å². The van der Waals surface area contributed by atoms with E-state index in [1.807, 2.05) is 91.0 Å². The molecule has 0 unspecified atom stereocenters. The van der Waals surface area contributed by atoms with Crippen molar-refractivity contribution in [3.63, 3.8) is 0 Å². The average Bonchev–Trinajstić information content (AvgIpc) is 3.23. The van der Waals surface area contributed by atoms with Gasteiger partial charge in [0.25, 0.3) is 0 Å². The first kappa shape index (κ1) is 46.8. The number of alkyl halides is 3. The number of amides is 2. The van der Waals surface area contributed by atoms with Crippen molar-refractivity contribution >= 4 is 64.7 Å². The van der Waals surface area contributed by atoms with E-state index in [4.69, 9.17) is 68.0 Å². The first-order chi connectivity index (χ1) is 29.2. The van der Waals surface area contributed by atoms with Gasteiger partial charge in [0.05, 0.1) is 13.2 Å². The molecule has 1 heterocycles. The van der Waals surface area contributed by atoms with Gasteiger partial charge in [-0.05, 0) is 22.3 Å². The maximum atomic E-state index is 13.5. The minimum Gasteiger partial charge on any atom is -0.459 e. The van der Waals surface area contributed by atoms with Crippen molar-refractivity contribution in [1.82, 2.24) is 10.6 Å². The summed E-state index contributed by atoms with van der Waals surface area (Å²) < 4.78 is 39.8. The van der Waals surface area contributed by atoms with Crippen molar-refractivity contribution in [2.24, 2.45) is 0 Å². The molecule has 0 aromatic heterocycles. The highest BCUT2D eigenvalue weighted by Crippen LogP contribution is 2.41. The van der Waals surface area contributed by atoms with Gasteiger partial charge in [0.1, 0.15) is 31.0 Å². The summed E-state index contributed by atoms with van der Waals surface area (Å²) in [7, 11) is 0. The molecule has 2 amide bonds. The summed E-state index contributed by atoms with van der Waals surface area (Å²) in [4.78, 5) is 64.6. The normalized spacial score (nSPS) is 19.4. The topological polar surface area (TPSA) is 174 Å². The molecule has 1 saturated heterocycles. The predicted octanol–water partition coefficient (Wildman–Crippen LogP) is 6.31. The standard InChI is InChI=1S/C44H45Cl3N2O12/c1-28(50)48-37-39(60-30(3)52)38(59-29(2)51)36(26-58-44(32-18-10-5-11-19-32,33-20-12-6-13-21-33)34-22-14-7-15-23-34)61-41(37)56-25-35(49-42(54)57-27-43(45,46)47)40(53)55-24-31-16-8-4-9-17-31/h4-23,35-39,41H,24-27H2,1-3H3,(H,48,50)(H,49,54)/t35-,36+,37+,38-,39+,41-/m0/s1. The third-order valence-corrected chi connectivity index (χ3v) is 9.55. The molecule has 0 bridgehead atoms. The second-order valence-electron chi connectivity index (χ2n) is 13.8. The molecule has 61 heavy (non-hydrogen) atoms. The number of hydrogen-bond acceptors (Lipinski definition) is 12. The minimum absolute atomic E-state index is 0.167. The lowest BCUT2D eigenvalue weighted by Gasteiger charge is -2.46. The van der Waals surface area contributed by atoms with Gasteiger partial charge in [-0.1, -0.05) is 156 Å². The number of rotatable bonds is 17. The second kappa shape index (κ2) is 22.0. The average molecular weight is 900 g/mol.